The lowest BCUT2D eigenvalue weighted by Crippen LogP contribution is -2.49. The fourth-order valence-electron chi connectivity index (χ4n) is 4.36. The monoisotopic (exact) mass is 387 g/mol. The summed E-state index contributed by atoms with van der Waals surface area (Å²) in [5, 5.41) is 15.5. The van der Waals surface area contributed by atoms with Crippen LogP contribution in [0.5, 0.6) is 0 Å². The van der Waals surface area contributed by atoms with Crippen molar-refractivity contribution in [2.75, 3.05) is 40.4 Å². The lowest BCUT2D eigenvalue weighted by atomic mass is 9.90. The number of nitrogens with zero attached hydrogens (tertiary/aromatic N) is 5. The number of fused-ring (bicyclic) bond motifs is 1. The van der Waals surface area contributed by atoms with Gasteiger partial charge in [0.1, 0.15) is 5.56 Å². The molecule has 0 aliphatic carbocycles. The SMILES string of the molecule is CN(C)C(=O)c1cnn2c(C3CCCCN3CC3(O)CCOCC3)ccnc12. The molecule has 2 aromatic rings. The minimum Gasteiger partial charge on any atom is -0.388 e. The fraction of sp³-hybridized carbons (Fsp3) is 0.650. The van der Waals surface area contributed by atoms with Crippen molar-refractivity contribution in [2.45, 2.75) is 43.7 Å². The number of ether oxygens (including phenoxy) is 1. The van der Waals surface area contributed by atoms with Crippen molar-refractivity contribution in [1.82, 2.24) is 24.4 Å². The molecule has 2 aromatic heterocycles. The van der Waals surface area contributed by atoms with E-state index in [1.165, 1.54) is 0 Å². The van der Waals surface area contributed by atoms with E-state index in [4.69, 9.17) is 4.74 Å². The fourth-order valence-corrected chi connectivity index (χ4v) is 4.36. The van der Waals surface area contributed by atoms with Crippen molar-refractivity contribution in [2.24, 2.45) is 0 Å². The van der Waals surface area contributed by atoms with Crippen molar-refractivity contribution >= 4 is 11.6 Å². The molecule has 28 heavy (non-hydrogen) atoms. The van der Waals surface area contributed by atoms with Crippen molar-refractivity contribution in [3.8, 4) is 0 Å². The summed E-state index contributed by atoms with van der Waals surface area (Å²) in [5.74, 6) is -0.100. The molecule has 0 aromatic carbocycles. The predicted molar refractivity (Wildman–Crippen MR) is 104 cm³/mol. The highest BCUT2D eigenvalue weighted by atomic mass is 16.5. The standard InChI is InChI=1S/C20H29N5O3/c1-23(2)19(26)15-13-22-25-17(6-9-21-18(15)25)16-5-3-4-10-24(16)14-20(27)7-11-28-12-8-20/h6,9,13,16,27H,3-5,7-8,10-12,14H2,1-2H3. The van der Waals surface area contributed by atoms with Gasteiger partial charge in [-0.3, -0.25) is 9.69 Å². The lowest BCUT2D eigenvalue weighted by Gasteiger charge is -2.42. The number of hydrogen-bond donors (Lipinski definition) is 1. The van der Waals surface area contributed by atoms with Crippen molar-refractivity contribution in [3.05, 3.63) is 29.7 Å². The second kappa shape index (κ2) is 7.77. The Bertz CT molecular complexity index is 843. The van der Waals surface area contributed by atoms with E-state index in [1.54, 1.807) is 35.9 Å². The molecule has 4 rings (SSSR count). The summed E-state index contributed by atoms with van der Waals surface area (Å²) >= 11 is 0. The van der Waals surface area contributed by atoms with Gasteiger partial charge in [-0.25, -0.2) is 9.50 Å². The first kappa shape index (κ1) is 19.3. The van der Waals surface area contributed by atoms with Crippen molar-refractivity contribution < 1.29 is 14.6 Å². The van der Waals surface area contributed by atoms with Gasteiger partial charge in [0, 0.05) is 52.9 Å². The third-order valence-corrected chi connectivity index (χ3v) is 5.94. The topological polar surface area (TPSA) is 83.2 Å². The first-order chi connectivity index (χ1) is 13.5. The van der Waals surface area contributed by atoms with Crippen LogP contribution < -0.4 is 0 Å². The summed E-state index contributed by atoms with van der Waals surface area (Å²) in [6.07, 6.45) is 7.97. The minimum absolute atomic E-state index is 0.100. The molecule has 8 heteroatoms. The number of piperidine rings is 1. The number of aromatic nitrogens is 3. The van der Waals surface area contributed by atoms with Crippen LogP contribution in [0.1, 0.15) is 54.2 Å². The highest BCUT2D eigenvalue weighted by Gasteiger charge is 2.36. The van der Waals surface area contributed by atoms with Crippen LogP contribution >= 0.6 is 0 Å². The Morgan fingerprint density at radius 2 is 2.14 bits per heavy atom. The van der Waals surface area contributed by atoms with Gasteiger partial charge >= 0.3 is 0 Å². The molecule has 1 amide bonds. The molecule has 1 unspecified atom stereocenters. The number of β-amino-alcohol motifs (C(OH)–C–C–N with tert-alkyl or cyclic N) is 1. The van der Waals surface area contributed by atoms with Crippen LogP contribution in [0.2, 0.25) is 0 Å². The number of carbonyl (C=O) groups excluding carboxylic acids is 1. The van der Waals surface area contributed by atoms with E-state index in [9.17, 15) is 9.90 Å². The summed E-state index contributed by atoms with van der Waals surface area (Å²) in [5.41, 5.74) is 1.43. The van der Waals surface area contributed by atoms with Crippen LogP contribution in [0.15, 0.2) is 18.5 Å². The van der Waals surface area contributed by atoms with Crippen molar-refractivity contribution in [1.29, 1.82) is 0 Å². The van der Waals surface area contributed by atoms with E-state index in [0.717, 1.165) is 31.5 Å². The molecular formula is C20H29N5O3. The maximum atomic E-state index is 12.5. The Balaban J connectivity index is 1.66. The van der Waals surface area contributed by atoms with E-state index in [0.29, 0.717) is 43.8 Å². The second-order valence-electron chi connectivity index (χ2n) is 8.18. The molecule has 0 radical (unpaired) electrons. The smallest absolute Gasteiger partial charge is 0.258 e. The lowest BCUT2D eigenvalue weighted by molar-refractivity contribution is -0.0890. The number of carbonyl (C=O) groups is 1. The first-order valence-corrected chi connectivity index (χ1v) is 10.1. The van der Waals surface area contributed by atoms with Gasteiger partial charge < -0.3 is 14.7 Å². The third-order valence-electron chi connectivity index (χ3n) is 5.94. The molecule has 0 bridgehead atoms. The van der Waals surface area contributed by atoms with Gasteiger partial charge in [0.2, 0.25) is 0 Å². The average molecular weight is 387 g/mol. The zero-order valence-corrected chi connectivity index (χ0v) is 16.7. The molecule has 1 atom stereocenters. The summed E-state index contributed by atoms with van der Waals surface area (Å²) < 4.78 is 7.23. The molecular weight excluding hydrogens is 358 g/mol. The van der Waals surface area contributed by atoms with Gasteiger partial charge in [-0.1, -0.05) is 6.42 Å². The van der Waals surface area contributed by atoms with Crippen LogP contribution in [0.4, 0.5) is 0 Å². The number of likely N-dealkylation sites (tertiary alicyclic amines) is 1. The van der Waals surface area contributed by atoms with Gasteiger partial charge in [-0.2, -0.15) is 5.10 Å². The molecule has 2 aliphatic rings. The zero-order chi connectivity index (χ0) is 19.7. The van der Waals surface area contributed by atoms with Gasteiger partial charge in [0.25, 0.3) is 5.91 Å². The maximum Gasteiger partial charge on any atom is 0.258 e. The van der Waals surface area contributed by atoms with E-state index in [2.05, 4.69) is 15.0 Å². The molecule has 0 spiro atoms. The summed E-state index contributed by atoms with van der Waals surface area (Å²) in [7, 11) is 3.46. The van der Waals surface area contributed by atoms with Gasteiger partial charge in [-0.15, -0.1) is 0 Å². The zero-order valence-electron chi connectivity index (χ0n) is 16.7. The minimum atomic E-state index is -0.698. The molecule has 152 valence electrons. The number of rotatable bonds is 4. The molecule has 2 saturated heterocycles. The Labute approximate surface area is 165 Å². The summed E-state index contributed by atoms with van der Waals surface area (Å²) in [4.78, 5) is 20.8. The van der Waals surface area contributed by atoms with Crippen molar-refractivity contribution in [3.63, 3.8) is 0 Å². The molecule has 4 heterocycles. The van der Waals surface area contributed by atoms with E-state index < -0.39 is 5.60 Å². The Morgan fingerprint density at radius 3 is 2.89 bits per heavy atom. The average Bonchev–Trinajstić information content (AvgIpc) is 3.12. The molecule has 2 aliphatic heterocycles. The van der Waals surface area contributed by atoms with E-state index >= 15 is 0 Å². The Kier molecular flexibility index (Phi) is 5.35. The summed E-state index contributed by atoms with van der Waals surface area (Å²) in [6, 6.07) is 2.13. The number of amides is 1. The van der Waals surface area contributed by atoms with Crippen LogP contribution in [0.3, 0.4) is 0 Å². The number of hydrogen-bond acceptors (Lipinski definition) is 6. The largest absolute Gasteiger partial charge is 0.388 e. The second-order valence-corrected chi connectivity index (χ2v) is 8.18. The molecule has 2 fully saturated rings. The third kappa shape index (κ3) is 3.64. The normalized spacial score (nSPS) is 23.0. The van der Waals surface area contributed by atoms with Crippen LogP contribution in [0, 0.1) is 0 Å². The van der Waals surface area contributed by atoms with Gasteiger partial charge in [0.15, 0.2) is 5.65 Å². The van der Waals surface area contributed by atoms with E-state index in [-0.39, 0.29) is 11.9 Å². The molecule has 1 N–H and O–H groups in total. The Hall–Kier alpha value is -2.03. The highest BCUT2D eigenvalue weighted by Crippen LogP contribution is 2.34. The first-order valence-electron chi connectivity index (χ1n) is 10.1. The van der Waals surface area contributed by atoms with Gasteiger partial charge in [0.05, 0.1) is 23.5 Å². The van der Waals surface area contributed by atoms with Crippen LogP contribution in [-0.2, 0) is 4.74 Å². The highest BCUT2D eigenvalue weighted by molar-refractivity contribution is 5.99. The molecule has 8 nitrogen and oxygen atoms in total. The molecule has 0 saturated carbocycles. The summed E-state index contributed by atoms with van der Waals surface area (Å²) in [6.45, 7) is 2.81. The quantitative estimate of drug-likeness (QED) is 0.856. The number of aliphatic hydroxyl groups is 1. The Morgan fingerprint density at radius 1 is 1.36 bits per heavy atom. The predicted octanol–water partition coefficient (Wildman–Crippen LogP) is 1.50. The van der Waals surface area contributed by atoms with Gasteiger partial charge in [-0.05, 0) is 25.5 Å². The maximum absolute atomic E-state index is 12.5. The van der Waals surface area contributed by atoms with Crippen LogP contribution in [0.25, 0.3) is 5.65 Å². The van der Waals surface area contributed by atoms with Crippen LogP contribution in [-0.4, -0.2) is 81.4 Å². The van der Waals surface area contributed by atoms with E-state index in [1.807, 2.05) is 6.07 Å².